The minimum Gasteiger partial charge on any atom is -0.507 e. The molecule has 0 amide bonds. The first-order chi connectivity index (χ1) is 13.8. The summed E-state index contributed by atoms with van der Waals surface area (Å²) in [6.07, 6.45) is 3.78. The van der Waals surface area contributed by atoms with Crippen molar-refractivity contribution >= 4 is 17.5 Å². The fourth-order valence-electron chi connectivity index (χ4n) is 2.66. The zero-order chi connectivity index (χ0) is 21.4. The van der Waals surface area contributed by atoms with Crippen LogP contribution in [0.15, 0.2) is 64.6 Å². The van der Waals surface area contributed by atoms with Gasteiger partial charge in [0.15, 0.2) is 0 Å². The van der Waals surface area contributed by atoms with Crippen LogP contribution in [0.5, 0.6) is 0 Å². The van der Waals surface area contributed by atoms with Gasteiger partial charge in [-0.1, -0.05) is 38.5 Å². The molecule has 0 heterocycles. The highest BCUT2D eigenvalue weighted by Crippen LogP contribution is 2.29. The zero-order valence-electron chi connectivity index (χ0n) is 16.6. The van der Waals surface area contributed by atoms with Crippen molar-refractivity contribution in [3.05, 3.63) is 65.2 Å². The van der Waals surface area contributed by atoms with Crippen molar-refractivity contribution in [3.8, 4) is 0 Å². The molecule has 2 unspecified atom stereocenters. The summed E-state index contributed by atoms with van der Waals surface area (Å²) >= 11 is 0. The maximum Gasteiger partial charge on any atom is 0.310 e. The summed E-state index contributed by atoms with van der Waals surface area (Å²) in [5, 5.41) is 10.1. The van der Waals surface area contributed by atoms with Crippen LogP contribution in [-0.4, -0.2) is 29.7 Å². The van der Waals surface area contributed by atoms with Gasteiger partial charge in [0, 0.05) is 17.6 Å². The molecule has 0 saturated heterocycles. The first kappa shape index (κ1) is 22.3. The molecule has 0 saturated carbocycles. The second kappa shape index (κ2) is 10.5. The van der Waals surface area contributed by atoms with Gasteiger partial charge in [0.05, 0.1) is 18.7 Å². The molecule has 1 aromatic rings. The molecule has 2 rings (SSSR count). The third-order valence-electron chi connectivity index (χ3n) is 4.36. The molecule has 0 bridgehead atoms. The Bertz CT molecular complexity index is 842. The number of hydrogen-bond acceptors (Lipinski definition) is 4. The highest BCUT2D eigenvalue weighted by molar-refractivity contribution is 5.94. The Balaban J connectivity index is 2.02. The predicted molar refractivity (Wildman–Crippen MR) is 109 cm³/mol. The molecule has 0 spiro atoms. The molecule has 1 aromatic carbocycles. The van der Waals surface area contributed by atoms with Crippen LogP contribution in [0.25, 0.3) is 0 Å². The predicted octanol–water partition coefficient (Wildman–Crippen LogP) is 4.77. The normalized spacial score (nSPS) is 20.1. The van der Waals surface area contributed by atoms with Crippen molar-refractivity contribution in [3.63, 3.8) is 0 Å². The fraction of sp³-hybridized carbons (Fsp3) is 0.364. The number of esters is 1. The van der Waals surface area contributed by atoms with Crippen molar-refractivity contribution in [1.82, 2.24) is 0 Å². The van der Waals surface area contributed by atoms with Gasteiger partial charge in [0.2, 0.25) is 0 Å². The number of benzene rings is 1. The second-order valence-corrected chi connectivity index (χ2v) is 6.88. The lowest BCUT2D eigenvalue weighted by atomic mass is 9.94. The third-order valence-corrected chi connectivity index (χ3v) is 4.36. The molecule has 3 N–H and O–H groups in total. The van der Waals surface area contributed by atoms with Gasteiger partial charge in [-0.2, -0.15) is 0 Å². The monoisotopic (exact) mass is 404 g/mol. The van der Waals surface area contributed by atoms with Gasteiger partial charge in [0.25, 0.3) is 0 Å². The molecular formula is C22H26F2N2O3. The van der Waals surface area contributed by atoms with Crippen LogP contribution in [0.2, 0.25) is 0 Å². The number of unbranched alkanes of at least 4 members (excludes halogenated alkanes) is 1. The van der Waals surface area contributed by atoms with Crippen LogP contribution < -0.4 is 5.73 Å². The van der Waals surface area contributed by atoms with E-state index in [1.807, 2.05) is 6.92 Å². The highest BCUT2D eigenvalue weighted by atomic mass is 19.1. The molecule has 29 heavy (non-hydrogen) atoms. The third kappa shape index (κ3) is 6.85. The molecule has 0 radical (unpaired) electrons. The number of carbonyl (C=O) groups excluding carboxylic acids is 1. The van der Waals surface area contributed by atoms with E-state index < -0.39 is 23.7 Å². The number of aliphatic hydroxyl groups is 1. The lowest BCUT2D eigenvalue weighted by Gasteiger charge is -2.17. The van der Waals surface area contributed by atoms with E-state index >= 15 is 0 Å². The summed E-state index contributed by atoms with van der Waals surface area (Å²) in [7, 11) is 0. The minimum atomic E-state index is -1.43. The van der Waals surface area contributed by atoms with E-state index in [9.17, 15) is 18.7 Å². The van der Waals surface area contributed by atoms with E-state index in [1.54, 1.807) is 31.2 Å². The summed E-state index contributed by atoms with van der Waals surface area (Å²) in [6.45, 7) is 4.02. The number of nitrogens with zero attached hydrogens (tertiary/aromatic N) is 1. The number of aliphatic hydroxyl groups excluding tert-OH is 1. The summed E-state index contributed by atoms with van der Waals surface area (Å²) < 4.78 is 32.5. The average molecular weight is 404 g/mol. The first-order valence-electron chi connectivity index (χ1n) is 9.53. The number of nitrogens with two attached hydrogens (primary N) is 1. The summed E-state index contributed by atoms with van der Waals surface area (Å²) in [5.74, 6) is -2.16. The van der Waals surface area contributed by atoms with Crippen LogP contribution >= 0.6 is 0 Å². The van der Waals surface area contributed by atoms with Crippen LogP contribution in [-0.2, 0) is 16.0 Å². The molecule has 0 fully saturated rings. The number of hydrogen-bond donors (Lipinski definition) is 2. The van der Waals surface area contributed by atoms with E-state index in [1.165, 1.54) is 6.08 Å². The van der Waals surface area contributed by atoms with Gasteiger partial charge in [-0.25, -0.2) is 13.8 Å². The highest BCUT2D eigenvalue weighted by Gasteiger charge is 2.23. The van der Waals surface area contributed by atoms with Gasteiger partial charge in [0.1, 0.15) is 23.6 Å². The number of alkyl halides is 1. The van der Waals surface area contributed by atoms with Crippen molar-refractivity contribution in [1.29, 1.82) is 0 Å². The van der Waals surface area contributed by atoms with E-state index in [4.69, 9.17) is 10.5 Å². The number of rotatable bonds is 8. The average Bonchev–Trinajstić information content (AvgIpc) is 2.66. The molecule has 7 heteroatoms. The van der Waals surface area contributed by atoms with Gasteiger partial charge in [-0.05, 0) is 30.2 Å². The van der Waals surface area contributed by atoms with Crippen molar-refractivity contribution < 1.29 is 23.4 Å². The van der Waals surface area contributed by atoms with Crippen LogP contribution in [0.4, 0.5) is 14.5 Å². The maximum atomic E-state index is 13.9. The Morgan fingerprint density at radius 1 is 1.31 bits per heavy atom. The Kier molecular flexibility index (Phi) is 8.12. The molecule has 1 aliphatic carbocycles. The van der Waals surface area contributed by atoms with E-state index in [0.29, 0.717) is 12.3 Å². The quantitative estimate of drug-likeness (QED) is 0.215. The van der Waals surface area contributed by atoms with Crippen LogP contribution in [0, 0.1) is 5.92 Å². The van der Waals surface area contributed by atoms with Gasteiger partial charge >= 0.3 is 5.97 Å². The summed E-state index contributed by atoms with van der Waals surface area (Å²) in [6, 6.07) is 6.79. The Morgan fingerprint density at radius 2 is 2.00 bits per heavy atom. The second-order valence-electron chi connectivity index (χ2n) is 6.88. The number of ether oxygens (including phenoxy) is 1. The molecule has 0 aliphatic heterocycles. The summed E-state index contributed by atoms with van der Waals surface area (Å²) in [5.41, 5.74) is 6.97. The lowest BCUT2D eigenvalue weighted by Crippen LogP contribution is -2.15. The maximum absolute atomic E-state index is 13.9. The molecule has 2 atom stereocenters. The van der Waals surface area contributed by atoms with E-state index in [2.05, 4.69) is 4.99 Å². The first-order valence-corrected chi connectivity index (χ1v) is 9.53. The van der Waals surface area contributed by atoms with Crippen LogP contribution in [0.1, 0.15) is 32.3 Å². The van der Waals surface area contributed by atoms with Gasteiger partial charge in [-0.15, -0.1) is 0 Å². The standard InChI is InChI=1S/C22H26F2N2O3/c1-3-4-9-29-22(28)11-15-5-7-16(8-6-15)26-21(25)13-20(27)17-10-14(2)18(23)12-19(17)24/h5-8,10,12-14,18,27H,3-4,9,11H2,1-2H3,(H2,25,26). The minimum absolute atomic E-state index is 0.0436. The van der Waals surface area contributed by atoms with E-state index in [-0.39, 0.29) is 23.8 Å². The Hall–Kier alpha value is -2.96. The number of aliphatic imine (C=N–C) groups is 1. The van der Waals surface area contributed by atoms with Gasteiger partial charge < -0.3 is 15.6 Å². The number of allylic oxidation sites excluding steroid dienone is 3. The van der Waals surface area contributed by atoms with Crippen molar-refractivity contribution in [2.75, 3.05) is 6.61 Å². The smallest absolute Gasteiger partial charge is 0.310 e. The Morgan fingerprint density at radius 3 is 2.66 bits per heavy atom. The SMILES string of the molecule is CCCCOC(=O)Cc1ccc(N=C(N)C=C(O)C2=CC(C)C(F)C=C2F)cc1. The number of amidine groups is 1. The molecule has 156 valence electrons. The Labute approximate surface area is 169 Å². The largest absolute Gasteiger partial charge is 0.507 e. The van der Waals surface area contributed by atoms with Gasteiger partial charge in [-0.3, -0.25) is 4.79 Å². The molecule has 1 aliphatic rings. The molecule has 0 aromatic heterocycles. The van der Waals surface area contributed by atoms with Crippen LogP contribution in [0.3, 0.4) is 0 Å². The molecular weight excluding hydrogens is 378 g/mol. The fourth-order valence-corrected chi connectivity index (χ4v) is 2.66. The van der Waals surface area contributed by atoms with Crippen molar-refractivity contribution in [2.45, 2.75) is 39.3 Å². The number of halogens is 2. The van der Waals surface area contributed by atoms with Crippen molar-refractivity contribution in [2.24, 2.45) is 16.6 Å². The molecule has 5 nitrogen and oxygen atoms in total. The number of carbonyl (C=O) groups is 1. The lowest BCUT2D eigenvalue weighted by molar-refractivity contribution is -0.142. The summed E-state index contributed by atoms with van der Waals surface area (Å²) in [4.78, 5) is 15.9. The van der Waals surface area contributed by atoms with E-state index in [0.717, 1.165) is 30.6 Å². The zero-order valence-corrected chi connectivity index (χ0v) is 16.6. The topological polar surface area (TPSA) is 84.9 Å².